The Kier molecular flexibility index (Phi) is 9.06. The van der Waals surface area contributed by atoms with Gasteiger partial charge < -0.3 is 15.4 Å². The highest BCUT2D eigenvalue weighted by Crippen LogP contribution is 2.25. The van der Waals surface area contributed by atoms with Crippen LogP contribution in [0.4, 0.5) is 0 Å². The number of ether oxygens (including phenoxy) is 1. The van der Waals surface area contributed by atoms with Crippen LogP contribution in [0.2, 0.25) is 0 Å². The van der Waals surface area contributed by atoms with E-state index >= 15 is 0 Å². The van der Waals surface area contributed by atoms with Gasteiger partial charge >= 0.3 is 0 Å². The van der Waals surface area contributed by atoms with Crippen LogP contribution in [-0.4, -0.2) is 40.4 Å². The molecule has 2 aromatic heterocycles. The summed E-state index contributed by atoms with van der Waals surface area (Å²) >= 11 is 2.72. The van der Waals surface area contributed by atoms with Gasteiger partial charge in [0.2, 0.25) is 11.8 Å². The van der Waals surface area contributed by atoms with E-state index in [2.05, 4.69) is 20.6 Å². The van der Waals surface area contributed by atoms with E-state index < -0.39 is 6.17 Å². The predicted molar refractivity (Wildman–Crippen MR) is 166 cm³/mol. The van der Waals surface area contributed by atoms with Crippen molar-refractivity contribution in [2.24, 2.45) is 0 Å². The minimum atomic E-state index is -0.709. The number of nitrogens with one attached hydrogen (secondary N) is 2. The molecule has 0 aliphatic carbocycles. The Balaban J connectivity index is 1.25. The molecule has 5 rings (SSSR count). The number of hydrogen-bond acceptors (Lipinski definition) is 7. The fraction of sp³-hybridized carbons (Fsp3) is 0.188. The fourth-order valence-electron chi connectivity index (χ4n) is 4.47. The second kappa shape index (κ2) is 13.1. The Morgan fingerprint density at radius 2 is 1.20 bits per heavy atom. The molecule has 0 saturated heterocycles. The molecule has 3 aromatic carbocycles. The third-order valence-corrected chi connectivity index (χ3v) is 8.38. The minimum Gasteiger partial charge on any atom is -0.497 e. The average Bonchev–Trinajstić information content (AvgIpc) is 2.99. The van der Waals surface area contributed by atoms with Gasteiger partial charge in [-0.15, -0.1) is 0 Å². The summed E-state index contributed by atoms with van der Waals surface area (Å²) in [5.74, 6) is 0.559. The lowest BCUT2D eigenvalue weighted by Crippen LogP contribution is -2.42. The molecule has 2 N–H and O–H groups in total. The highest BCUT2D eigenvalue weighted by atomic mass is 32.2. The number of carbonyl (C=O) groups is 2. The van der Waals surface area contributed by atoms with Gasteiger partial charge in [0.15, 0.2) is 0 Å². The Labute approximate surface area is 247 Å². The first-order chi connectivity index (χ1) is 19.9. The topological polar surface area (TPSA) is 93.2 Å². The van der Waals surface area contributed by atoms with E-state index in [0.717, 1.165) is 48.5 Å². The molecule has 0 atom stereocenters. The maximum absolute atomic E-state index is 13.0. The van der Waals surface area contributed by atoms with Gasteiger partial charge in [-0.25, -0.2) is 9.97 Å². The summed E-state index contributed by atoms with van der Waals surface area (Å²) in [6, 6.07) is 27.1. The van der Waals surface area contributed by atoms with Gasteiger partial charge in [0.05, 0.1) is 39.7 Å². The van der Waals surface area contributed by atoms with Crippen LogP contribution in [0.5, 0.6) is 5.75 Å². The molecule has 5 aromatic rings. The summed E-state index contributed by atoms with van der Waals surface area (Å²) in [6.07, 6.45) is -0.709. The molecule has 208 valence electrons. The van der Waals surface area contributed by atoms with Crippen LogP contribution >= 0.6 is 23.5 Å². The highest BCUT2D eigenvalue weighted by Gasteiger charge is 2.18. The van der Waals surface area contributed by atoms with E-state index in [1.165, 1.54) is 23.5 Å². The first-order valence-corrected chi connectivity index (χ1v) is 15.1. The molecule has 2 amide bonds. The number of nitrogens with zero attached hydrogens (tertiary/aromatic N) is 2. The summed E-state index contributed by atoms with van der Waals surface area (Å²) in [7, 11) is 1.59. The standard InChI is InChI=1S/C32H30N4O3S2/c1-20-16-30(33-26-10-6-4-8-24(20)26)40-18-28(37)35-32(22-12-14-23(39-3)15-13-22)36-29(38)19-41-31-17-21(2)25-9-5-7-11-27(25)34-31/h4-17,32H,18-19H2,1-3H3,(H,35,37)(H,36,38). The van der Waals surface area contributed by atoms with E-state index in [-0.39, 0.29) is 23.3 Å². The van der Waals surface area contributed by atoms with Crippen LogP contribution in [0, 0.1) is 13.8 Å². The molecule has 0 aliphatic rings. The van der Waals surface area contributed by atoms with Gasteiger partial charge in [0.1, 0.15) is 11.9 Å². The van der Waals surface area contributed by atoms with Crippen LogP contribution in [0.3, 0.4) is 0 Å². The van der Waals surface area contributed by atoms with Crippen molar-refractivity contribution in [3.8, 4) is 5.75 Å². The van der Waals surface area contributed by atoms with E-state index in [1.54, 1.807) is 19.2 Å². The Morgan fingerprint density at radius 3 is 1.66 bits per heavy atom. The second-order valence-electron chi connectivity index (χ2n) is 9.51. The number of thioether (sulfide) groups is 2. The molecule has 0 fully saturated rings. The summed E-state index contributed by atoms with van der Waals surface area (Å²) in [6.45, 7) is 4.08. The molecule has 0 unspecified atom stereocenters. The van der Waals surface area contributed by atoms with Crippen molar-refractivity contribution in [1.29, 1.82) is 0 Å². The third kappa shape index (κ3) is 7.17. The van der Waals surface area contributed by atoms with Crippen LogP contribution in [0.15, 0.2) is 95.0 Å². The van der Waals surface area contributed by atoms with Crippen molar-refractivity contribution in [2.75, 3.05) is 18.6 Å². The van der Waals surface area contributed by atoms with Crippen LogP contribution in [0.1, 0.15) is 22.9 Å². The highest BCUT2D eigenvalue weighted by molar-refractivity contribution is 8.00. The number of benzene rings is 3. The number of para-hydroxylation sites is 2. The average molecular weight is 583 g/mol. The SMILES string of the molecule is COc1ccc(C(NC(=O)CSc2cc(C)c3ccccc3n2)NC(=O)CSc2cc(C)c3ccccc3n2)cc1. The zero-order valence-corrected chi connectivity index (χ0v) is 24.6. The number of aromatic nitrogens is 2. The number of rotatable bonds is 10. The quantitative estimate of drug-likeness (QED) is 0.149. The van der Waals surface area contributed by atoms with Gasteiger partial charge in [-0.05, 0) is 66.9 Å². The maximum Gasteiger partial charge on any atom is 0.232 e. The first-order valence-electron chi connectivity index (χ1n) is 13.1. The third-order valence-electron chi connectivity index (χ3n) is 6.56. The number of methoxy groups -OCH3 is 1. The Bertz CT molecular complexity index is 1610. The molecule has 0 bridgehead atoms. The largest absolute Gasteiger partial charge is 0.497 e. The predicted octanol–water partition coefficient (Wildman–Crippen LogP) is 6.22. The summed E-state index contributed by atoms with van der Waals surface area (Å²) < 4.78 is 5.27. The van der Waals surface area contributed by atoms with Crippen molar-refractivity contribution in [2.45, 2.75) is 30.1 Å². The molecular weight excluding hydrogens is 553 g/mol. The lowest BCUT2D eigenvalue weighted by Gasteiger charge is -2.21. The normalized spacial score (nSPS) is 11.1. The zero-order valence-electron chi connectivity index (χ0n) is 23.0. The van der Waals surface area contributed by atoms with E-state index in [1.807, 2.05) is 86.6 Å². The minimum absolute atomic E-state index is 0.155. The number of amides is 2. The Hall–Kier alpha value is -4.08. The number of hydrogen-bond donors (Lipinski definition) is 2. The smallest absolute Gasteiger partial charge is 0.232 e. The van der Waals surface area contributed by atoms with Crippen molar-refractivity contribution >= 4 is 57.1 Å². The number of carbonyl (C=O) groups excluding carboxylic acids is 2. The number of aryl methyl sites for hydroxylation is 2. The molecule has 7 nitrogen and oxygen atoms in total. The van der Waals surface area contributed by atoms with E-state index in [4.69, 9.17) is 4.74 Å². The van der Waals surface area contributed by atoms with Crippen molar-refractivity contribution in [1.82, 2.24) is 20.6 Å². The molecule has 2 heterocycles. The molecule has 0 spiro atoms. The molecule has 0 aliphatic heterocycles. The van der Waals surface area contributed by atoms with E-state index in [0.29, 0.717) is 5.75 Å². The van der Waals surface area contributed by atoms with Crippen molar-refractivity contribution in [3.63, 3.8) is 0 Å². The van der Waals surface area contributed by atoms with Gasteiger partial charge in [0, 0.05) is 10.8 Å². The van der Waals surface area contributed by atoms with Crippen molar-refractivity contribution < 1.29 is 14.3 Å². The first kappa shape index (κ1) is 28.4. The van der Waals surface area contributed by atoms with Crippen LogP contribution < -0.4 is 15.4 Å². The monoisotopic (exact) mass is 582 g/mol. The van der Waals surface area contributed by atoms with Gasteiger partial charge in [-0.2, -0.15) is 0 Å². The zero-order chi connectivity index (χ0) is 28.8. The van der Waals surface area contributed by atoms with Crippen LogP contribution in [-0.2, 0) is 9.59 Å². The molecule has 9 heteroatoms. The summed E-state index contributed by atoms with van der Waals surface area (Å²) in [5, 5.41) is 9.67. The molecule has 41 heavy (non-hydrogen) atoms. The fourth-order valence-corrected chi connectivity index (χ4v) is 6.04. The lowest BCUT2D eigenvalue weighted by molar-refractivity contribution is -0.121. The summed E-state index contributed by atoms with van der Waals surface area (Å²) in [4.78, 5) is 35.5. The van der Waals surface area contributed by atoms with Gasteiger partial charge in [-0.1, -0.05) is 72.1 Å². The van der Waals surface area contributed by atoms with Crippen molar-refractivity contribution in [3.05, 3.63) is 102 Å². The maximum atomic E-state index is 13.0. The van der Waals surface area contributed by atoms with Crippen LogP contribution in [0.25, 0.3) is 21.8 Å². The molecule has 0 saturated carbocycles. The van der Waals surface area contributed by atoms with Gasteiger partial charge in [-0.3, -0.25) is 9.59 Å². The lowest BCUT2D eigenvalue weighted by atomic mass is 10.1. The number of pyridine rings is 2. The molecular formula is C32H30N4O3S2. The summed E-state index contributed by atoms with van der Waals surface area (Å²) in [5.41, 5.74) is 4.74. The van der Waals surface area contributed by atoms with Gasteiger partial charge in [0.25, 0.3) is 0 Å². The Morgan fingerprint density at radius 1 is 0.732 bits per heavy atom. The second-order valence-corrected chi connectivity index (χ2v) is 11.5. The number of fused-ring (bicyclic) bond motifs is 2. The molecule has 0 radical (unpaired) electrons. The van der Waals surface area contributed by atoms with E-state index in [9.17, 15) is 9.59 Å².